The zero-order chi connectivity index (χ0) is 9.42. The Bertz CT molecular complexity index is 277. The molecule has 3 heterocycles. The number of hydrogen-bond acceptors (Lipinski definition) is 3. The van der Waals surface area contributed by atoms with Crippen molar-refractivity contribution in [2.75, 3.05) is 6.61 Å². The first kappa shape index (κ1) is 8.25. The highest BCUT2D eigenvalue weighted by atomic mass is 16.5. The molecule has 3 atom stereocenters. The lowest BCUT2D eigenvalue weighted by Gasteiger charge is -2.25. The van der Waals surface area contributed by atoms with Gasteiger partial charge in [-0.25, -0.2) is 0 Å². The van der Waals surface area contributed by atoms with Crippen LogP contribution in [0.4, 0.5) is 0 Å². The average molecular weight is 182 g/mol. The number of amides is 2. The molecule has 3 aliphatic rings. The average Bonchev–Trinajstić information content (AvgIpc) is 2.35. The fraction of sp³-hybridized carbons (Fsp3) is 0.500. The van der Waals surface area contributed by atoms with Crippen LogP contribution in [0.25, 0.3) is 0 Å². The fourth-order valence-electron chi connectivity index (χ4n) is 1.51. The van der Waals surface area contributed by atoms with Crippen LogP contribution in [0.3, 0.4) is 0 Å². The van der Waals surface area contributed by atoms with E-state index < -0.39 is 12.3 Å². The Morgan fingerprint density at radius 3 is 2.85 bits per heavy atom. The highest BCUT2D eigenvalue weighted by Gasteiger charge is 2.41. The van der Waals surface area contributed by atoms with Crippen molar-refractivity contribution in [1.29, 1.82) is 0 Å². The molecule has 2 N–H and O–H groups in total. The zero-order valence-corrected chi connectivity index (χ0v) is 6.95. The van der Waals surface area contributed by atoms with E-state index in [9.17, 15) is 9.59 Å². The van der Waals surface area contributed by atoms with Crippen LogP contribution in [-0.2, 0) is 14.3 Å². The van der Waals surface area contributed by atoms with E-state index in [4.69, 9.17) is 4.74 Å². The Hall–Kier alpha value is -1.36. The third-order valence-electron chi connectivity index (χ3n) is 2.28. The van der Waals surface area contributed by atoms with Gasteiger partial charge >= 0.3 is 0 Å². The quantitative estimate of drug-likeness (QED) is 0.498. The summed E-state index contributed by atoms with van der Waals surface area (Å²) in [4.78, 5) is 22.5. The molecule has 2 unspecified atom stereocenters. The van der Waals surface area contributed by atoms with Crippen molar-refractivity contribution in [2.45, 2.75) is 12.3 Å². The van der Waals surface area contributed by atoms with Gasteiger partial charge in [0, 0.05) is 5.92 Å². The van der Waals surface area contributed by atoms with Crippen molar-refractivity contribution in [2.24, 2.45) is 5.92 Å². The Balaban J connectivity index is 2.29. The van der Waals surface area contributed by atoms with E-state index in [1.54, 1.807) is 6.08 Å². The summed E-state index contributed by atoms with van der Waals surface area (Å²) in [5, 5.41) is 5.05. The molecular formula is C8H10N2O3. The number of carbonyl (C=O) groups is 2. The summed E-state index contributed by atoms with van der Waals surface area (Å²) in [7, 11) is 0. The molecule has 13 heavy (non-hydrogen) atoms. The van der Waals surface area contributed by atoms with Crippen LogP contribution in [0.2, 0.25) is 0 Å². The predicted octanol–water partition coefficient (Wildman–Crippen LogP) is -1.24. The van der Waals surface area contributed by atoms with Crippen LogP contribution in [0.1, 0.15) is 0 Å². The summed E-state index contributed by atoms with van der Waals surface area (Å²) in [5.41, 5.74) is 0. The molecule has 70 valence electrons. The number of hydrogen-bond donors (Lipinski definition) is 2. The predicted molar refractivity (Wildman–Crippen MR) is 43.5 cm³/mol. The highest BCUT2D eigenvalue weighted by molar-refractivity contribution is 5.96. The van der Waals surface area contributed by atoms with Gasteiger partial charge < -0.3 is 15.4 Å². The van der Waals surface area contributed by atoms with E-state index >= 15 is 0 Å². The van der Waals surface area contributed by atoms with Crippen LogP contribution >= 0.6 is 0 Å². The Morgan fingerprint density at radius 2 is 2.15 bits per heavy atom. The first-order chi connectivity index (χ1) is 6.22. The topological polar surface area (TPSA) is 67.4 Å². The molecule has 3 fully saturated rings. The summed E-state index contributed by atoms with van der Waals surface area (Å²) in [6.07, 6.45) is 0.798. The normalized spacial score (nSPS) is 37.7. The molecule has 5 nitrogen and oxygen atoms in total. The monoisotopic (exact) mass is 182 g/mol. The number of rotatable bonds is 1. The lowest BCUT2D eigenvalue weighted by Crippen LogP contribution is -2.61. The second-order valence-corrected chi connectivity index (χ2v) is 3.11. The Labute approximate surface area is 75.1 Å². The Kier molecular flexibility index (Phi) is 1.81. The molecule has 2 amide bonds. The van der Waals surface area contributed by atoms with Crippen LogP contribution in [0.5, 0.6) is 0 Å². The van der Waals surface area contributed by atoms with Gasteiger partial charge in [-0.3, -0.25) is 9.59 Å². The largest absolute Gasteiger partial charge is 0.349 e. The molecule has 3 saturated heterocycles. The molecular weight excluding hydrogens is 172 g/mol. The lowest BCUT2D eigenvalue weighted by atomic mass is 9.99. The van der Waals surface area contributed by atoms with Crippen LogP contribution in [0.15, 0.2) is 12.7 Å². The number of nitrogens with one attached hydrogen (secondary N) is 2. The summed E-state index contributed by atoms with van der Waals surface area (Å²) in [6.45, 7) is 3.93. The maximum absolute atomic E-state index is 11.3. The van der Waals surface area contributed by atoms with Crippen LogP contribution in [-0.4, -0.2) is 30.7 Å². The molecule has 0 radical (unpaired) electrons. The van der Waals surface area contributed by atoms with Gasteiger partial charge in [-0.2, -0.15) is 0 Å². The number of carbonyl (C=O) groups excluding carboxylic acids is 2. The van der Waals surface area contributed by atoms with E-state index in [-0.39, 0.29) is 17.7 Å². The summed E-state index contributed by atoms with van der Waals surface area (Å²) in [6, 6.07) is -0.524. The summed E-state index contributed by atoms with van der Waals surface area (Å²) < 4.78 is 5.16. The molecule has 0 aliphatic carbocycles. The molecule has 5 heteroatoms. The maximum Gasteiger partial charge on any atom is 0.270 e. The number of piperazine rings is 1. The third kappa shape index (κ3) is 1.21. The van der Waals surface area contributed by atoms with E-state index in [2.05, 4.69) is 17.2 Å². The maximum atomic E-state index is 11.3. The van der Waals surface area contributed by atoms with Gasteiger partial charge in [0.1, 0.15) is 6.04 Å². The van der Waals surface area contributed by atoms with Crippen molar-refractivity contribution in [1.82, 2.24) is 10.6 Å². The smallest absolute Gasteiger partial charge is 0.270 e. The Morgan fingerprint density at radius 1 is 1.38 bits per heavy atom. The van der Waals surface area contributed by atoms with E-state index in [0.29, 0.717) is 6.61 Å². The van der Waals surface area contributed by atoms with E-state index in [0.717, 1.165) is 0 Å². The van der Waals surface area contributed by atoms with E-state index in [1.807, 2.05) is 0 Å². The second-order valence-electron chi connectivity index (χ2n) is 3.11. The van der Waals surface area contributed by atoms with Gasteiger partial charge in [-0.05, 0) is 0 Å². The van der Waals surface area contributed by atoms with Crippen molar-refractivity contribution < 1.29 is 14.3 Å². The highest BCUT2D eigenvalue weighted by Crippen LogP contribution is 2.16. The molecule has 0 aromatic carbocycles. The minimum absolute atomic E-state index is 0.142. The van der Waals surface area contributed by atoms with Gasteiger partial charge in [0.2, 0.25) is 12.1 Å². The second kappa shape index (κ2) is 2.85. The van der Waals surface area contributed by atoms with Gasteiger partial charge in [-0.15, -0.1) is 6.58 Å². The van der Waals surface area contributed by atoms with Crippen molar-refractivity contribution >= 4 is 11.8 Å². The number of fused-ring (bicyclic) bond motifs is 4. The summed E-state index contributed by atoms with van der Waals surface area (Å²) in [5.74, 6) is -0.627. The molecule has 0 saturated carbocycles. The van der Waals surface area contributed by atoms with Crippen molar-refractivity contribution in [3.05, 3.63) is 12.7 Å². The summed E-state index contributed by atoms with van der Waals surface area (Å²) >= 11 is 0. The fourth-order valence-corrected chi connectivity index (χ4v) is 1.51. The van der Waals surface area contributed by atoms with Gasteiger partial charge in [-0.1, -0.05) is 6.08 Å². The standard InChI is InChI=1S/C8H10N2O3/c1-2-4-3-13-8-7(12)9-5(4)6(11)10-8/h2,4-5,8H,1,3H2,(H,9,12)(H,10,11)/t4?,5-,8?/m0/s1. The van der Waals surface area contributed by atoms with Gasteiger partial charge in [0.25, 0.3) is 5.91 Å². The molecule has 0 aromatic heterocycles. The van der Waals surface area contributed by atoms with E-state index in [1.165, 1.54) is 0 Å². The molecule has 0 spiro atoms. The first-order valence-electron chi connectivity index (χ1n) is 4.07. The molecule has 0 aromatic rings. The molecule has 2 bridgehead atoms. The third-order valence-corrected chi connectivity index (χ3v) is 2.28. The molecule has 3 rings (SSSR count). The minimum atomic E-state index is -0.825. The zero-order valence-electron chi connectivity index (χ0n) is 6.95. The van der Waals surface area contributed by atoms with Gasteiger partial charge in [0.05, 0.1) is 6.61 Å². The van der Waals surface area contributed by atoms with Gasteiger partial charge in [0.15, 0.2) is 0 Å². The van der Waals surface area contributed by atoms with Crippen LogP contribution < -0.4 is 10.6 Å². The number of ether oxygens (including phenoxy) is 1. The van der Waals surface area contributed by atoms with Crippen molar-refractivity contribution in [3.63, 3.8) is 0 Å². The molecule has 3 aliphatic heterocycles. The van der Waals surface area contributed by atoms with Crippen molar-refractivity contribution in [3.8, 4) is 0 Å². The first-order valence-corrected chi connectivity index (χ1v) is 4.07. The van der Waals surface area contributed by atoms with Crippen LogP contribution in [0, 0.1) is 5.92 Å². The minimum Gasteiger partial charge on any atom is -0.349 e. The lowest BCUT2D eigenvalue weighted by molar-refractivity contribution is -0.144. The SMILES string of the molecule is C=CC1COC2NC(=O)[C@H]1NC2=O.